The van der Waals surface area contributed by atoms with Crippen LogP contribution in [-0.2, 0) is 39.2 Å². The van der Waals surface area contributed by atoms with E-state index in [0.717, 1.165) is 67.8 Å². The number of likely N-dealkylation sites (tertiary alicyclic amines) is 1. The third-order valence-corrected chi connectivity index (χ3v) is 11.8. The van der Waals surface area contributed by atoms with Gasteiger partial charge in [-0.05, 0) is 67.4 Å². The van der Waals surface area contributed by atoms with Gasteiger partial charge >= 0.3 is 6.18 Å². The van der Waals surface area contributed by atoms with Crippen LogP contribution in [0.2, 0.25) is 5.02 Å². The predicted octanol–water partition coefficient (Wildman–Crippen LogP) is 4.15. The van der Waals surface area contributed by atoms with E-state index in [-0.39, 0.29) is 71.9 Å². The smallest absolute Gasteiger partial charge is 0.416 e. The number of anilines is 2. The first-order valence-corrected chi connectivity index (χ1v) is 19.2. The SMILES string of the molecule is O=C(Cn1c2c(c(=O)n3nc(-c4ccc(N5CCN(C6COC6)CC5)cc4)nc13)C1(CCN(C(=O)c3ncccc3O)CC1)OC2)Nc1ccc(C(F)(F)F)cc1Cl. The molecule has 5 aromatic rings. The molecular formula is C39H37ClF3N9O6. The molecule has 1 spiro atoms. The van der Waals surface area contributed by atoms with Crippen molar-refractivity contribution in [1.29, 1.82) is 0 Å². The molecule has 3 aromatic heterocycles. The van der Waals surface area contributed by atoms with Crippen LogP contribution in [0.3, 0.4) is 0 Å². The predicted molar refractivity (Wildman–Crippen MR) is 204 cm³/mol. The van der Waals surface area contributed by atoms with E-state index in [9.17, 15) is 32.7 Å². The van der Waals surface area contributed by atoms with Crippen LogP contribution in [0.25, 0.3) is 17.2 Å². The zero-order valence-corrected chi connectivity index (χ0v) is 31.7. The number of piperidine rings is 1. The normalized spacial score (nSPS) is 18.4. The van der Waals surface area contributed by atoms with Crippen molar-refractivity contribution in [2.24, 2.45) is 0 Å². The molecule has 0 aliphatic carbocycles. The van der Waals surface area contributed by atoms with Gasteiger partial charge in [0.25, 0.3) is 11.5 Å². The summed E-state index contributed by atoms with van der Waals surface area (Å²) in [6, 6.07) is 13.8. The number of aromatic hydroxyl groups is 1. The van der Waals surface area contributed by atoms with E-state index in [1.54, 1.807) is 0 Å². The Morgan fingerprint density at radius 1 is 1.00 bits per heavy atom. The molecule has 7 heterocycles. The first-order valence-electron chi connectivity index (χ1n) is 18.8. The van der Waals surface area contributed by atoms with Gasteiger partial charge in [-0.1, -0.05) is 11.6 Å². The lowest BCUT2D eigenvalue weighted by atomic mass is 9.85. The van der Waals surface area contributed by atoms with Crippen LogP contribution in [0.5, 0.6) is 5.75 Å². The van der Waals surface area contributed by atoms with Crippen molar-refractivity contribution >= 4 is 40.6 Å². The lowest BCUT2D eigenvalue weighted by Gasteiger charge is -2.43. The fourth-order valence-electron chi connectivity index (χ4n) is 8.18. The Hall–Kier alpha value is -5.56. The molecule has 3 fully saturated rings. The number of aromatic nitrogens is 5. The van der Waals surface area contributed by atoms with Crippen molar-refractivity contribution < 1.29 is 37.3 Å². The van der Waals surface area contributed by atoms with Crippen LogP contribution < -0.4 is 15.8 Å². The standard InChI is InChI=1S/C39H37ClF3N9O6/c40-27-18-24(39(41,42)43)5-8-28(27)45-31(54)19-51-29-22-58-38(9-12-50(13-10-38)36(56)33-30(53)2-1-11-44-33)32(29)35(55)52-37(51)46-34(47-52)23-3-6-25(7-4-23)48-14-16-49(17-15-48)26-20-57-21-26/h1-8,11,18,26,53H,9-10,12-17,19-22H2,(H,45,54). The number of nitrogens with zero attached hydrogens (tertiary/aromatic N) is 8. The third-order valence-electron chi connectivity index (χ3n) is 11.5. The minimum atomic E-state index is -4.62. The van der Waals surface area contributed by atoms with Crippen molar-refractivity contribution in [2.45, 2.75) is 43.8 Å². The largest absolute Gasteiger partial charge is 0.505 e. The number of carbonyl (C=O) groups is 2. The second kappa shape index (κ2) is 14.7. The fraction of sp³-hybridized carbons (Fsp3) is 0.385. The quantitative estimate of drug-likeness (QED) is 0.243. The minimum absolute atomic E-state index is 0.0298. The fourth-order valence-corrected chi connectivity index (χ4v) is 8.41. The summed E-state index contributed by atoms with van der Waals surface area (Å²) in [6.45, 7) is 5.04. The zero-order valence-electron chi connectivity index (χ0n) is 30.9. The molecule has 58 heavy (non-hydrogen) atoms. The summed E-state index contributed by atoms with van der Waals surface area (Å²) in [4.78, 5) is 56.5. The molecule has 0 radical (unpaired) electrons. The van der Waals surface area contributed by atoms with Gasteiger partial charge < -0.3 is 34.3 Å². The van der Waals surface area contributed by atoms with E-state index in [1.807, 2.05) is 24.3 Å². The van der Waals surface area contributed by atoms with Crippen molar-refractivity contribution in [1.82, 2.24) is 33.9 Å². The summed E-state index contributed by atoms with van der Waals surface area (Å²) in [5.74, 6) is -1.05. The second-order valence-corrected chi connectivity index (χ2v) is 15.2. The Bertz CT molecular complexity index is 2470. The highest BCUT2D eigenvalue weighted by molar-refractivity contribution is 6.33. The summed E-state index contributed by atoms with van der Waals surface area (Å²) >= 11 is 6.17. The van der Waals surface area contributed by atoms with E-state index in [4.69, 9.17) is 26.1 Å². The monoisotopic (exact) mass is 819 g/mol. The summed E-state index contributed by atoms with van der Waals surface area (Å²) < 4.78 is 54.3. The van der Waals surface area contributed by atoms with Gasteiger partial charge in [0.1, 0.15) is 17.9 Å². The highest BCUT2D eigenvalue weighted by Crippen LogP contribution is 2.43. The van der Waals surface area contributed by atoms with E-state index < -0.39 is 41.3 Å². The van der Waals surface area contributed by atoms with Gasteiger partial charge in [-0.2, -0.15) is 22.7 Å². The number of alkyl halides is 3. The molecule has 0 unspecified atom stereocenters. The number of amides is 2. The molecule has 9 rings (SSSR count). The molecule has 4 aliphatic rings. The average Bonchev–Trinajstić information content (AvgIpc) is 3.80. The zero-order chi connectivity index (χ0) is 40.3. The van der Waals surface area contributed by atoms with Crippen molar-refractivity contribution in [3.05, 3.63) is 98.7 Å². The van der Waals surface area contributed by atoms with Crippen LogP contribution in [0.15, 0.2) is 65.6 Å². The van der Waals surface area contributed by atoms with Crippen molar-refractivity contribution in [2.75, 3.05) is 62.7 Å². The molecule has 2 aromatic carbocycles. The number of ether oxygens (including phenoxy) is 2. The van der Waals surface area contributed by atoms with E-state index in [1.165, 1.54) is 27.8 Å². The summed E-state index contributed by atoms with van der Waals surface area (Å²) in [7, 11) is 0. The summed E-state index contributed by atoms with van der Waals surface area (Å²) in [5.41, 5.74) is -0.371. The lowest BCUT2D eigenvalue weighted by Crippen LogP contribution is -2.56. The maximum atomic E-state index is 14.5. The number of fused-ring (bicyclic) bond motifs is 3. The Balaban J connectivity index is 1.03. The van der Waals surface area contributed by atoms with Crippen LogP contribution in [0, 0.1) is 0 Å². The first-order chi connectivity index (χ1) is 27.9. The van der Waals surface area contributed by atoms with Crippen LogP contribution in [0.1, 0.15) is 40.2 Å². The van der Waals surface area contributed by atoms with Gasteiger partial charge in [0.05, 0.1) is 53.4 Å². The molecule has 4 aliphatic heterocycles. The molecule has 0 bridgehead atoms. The number of hydrogen-bond acceptors (Lipinski definition) is 11. The van der Waals surface area contributed by atoms with Gasteiger partial charge in [0.2, 0.25) is 11.7 Å². The van der Waals surface area contributed by atoms with Crippen LogP contribution >= 0.6 is 11.6 Å². The number of hydrogen-bond donors (Lipinski definition) is 2. The van der Waals surface area contributed by atoms with E-state index >= 15 is 0 Å². The van der Waals surface area contributed by atoms with E-state index in [2.05, 4.69) is 25.2 Å². The number of benzene rings is 2. The molecule has 3 saturated heterocycles. The molecule has 2 N–H and O–H groups in total. The number of piperazine rings is 1. The number of pyridine rings is 1. The topological polar surface area (TPSA) is 160 Å². The molecule has 302 valence electrons. The maximum absolute atomic E-state index is 14.5. The maximum Gasteiger partial charge on any atom is 0.416 e. The first kappa shape index (κ1) is 38.0. The Kier molecular flexibility index (Phi) is 9.61. The second-order valence-electron chi connectivity index (χ2n) is 14.8. The van der Waals surface area contributed by atoms with Crippen LogP contribution in [0.4, 0.5) is 24.5 Å². The third kappa shape index (κ3) is 6.82. The highest BCUT2D eigenvalue weighted by atomic mass is 35.5. The molecule has 0 saturated carbocycles. The Labute approximate surface area is 333 Å². The van der Waals surface area contributed by atoms with Gasteiger partial charge in [-0.25, -0.2) is 4.98 Å². The van der Waals surface area contributed by atoms with Gasteiger partial charge in [-0.3, -0.25) is 19.3 Å². The Morgan fingerprint density at radius 3 is 2.40 bits per heavy atom. The van der Waals surface area contributed by atoms with Crippen molar-refractivity contribution in [3.8, 4) is 17.1 Å². The molecule has 19 heteroatoms. The molecule has 0 atom stereocenters. The van der Waals surface area contributed by atoms with Gasteiger partial charge in [0.15, 0.2) is 11.5 Å². The lowest BCUT2D eigenvalue weighted by molar-refractivity contribution is -0.137. The number of nitrogens with one attached hydrogen (secondary N) is 1. The average molecular weight is 820 g/mol. The highest BCUT2D eigenvalue weighted by Gasteiger charge is 2.48. The van der Waals surface area contributed by atoms with E-state index in [0.29, 0.717) is 17.3 Å². The number of carbonyl (C=O) groups excluding carboxylic acids is 2. The van der Waals surface area contributed by atoms with Crippen LogP contribution in [-0.4, -0.2) is 109 Å². The molecule has 15 nitrogen and oxygen atoms in total. The Morgan fingerprint density at radius 2 is 1.74 bits per heavy atom. The van der Waals surface area contributed by atoms with Gasteiger partial charge in [-0.15, -0.1) is 5.10 Å². The number of halogens is 4. The van der Waals surface area contributed by atoms with Gasteiger partial charge in [0, 0.05) is 56.7 Å². The summed E-state index contributed by atoms with van der Waals surface area (Å²) in [5, 5.41) is 17.2. The van der Waals surface area contributed by atoms with Crippen molar-refractivity contribution in [3.63, 3.8) is 0 Å². The summed E-state index contributed by atoms with van der Waals surface area (Å²) in [6.07, 6.45) is -2.77. The minimum Gasteiger partial charge on any atom is -0.505 e. The molecule has 2 amide bonds. The molecular weight excluding hydrogens is 783 g/mol. The number of rotatable bonds is 7.